The van der Waals surface area contributed by atoms with E-state index in [0.29, 0.717) is 31.4 Å². The number of halogens is 1. The van der Waals surface area contributed by atoms with Crippen molar-refractivity contribution in [2.75, 3.05) is 26.4 Å². The van der Waals surface area contributed by atoms with Crippen LogP contribution in [0.25, 0.3) is 0 Å². The molecule has 0 aliphatic rings. The standard InChI is InChI=1S/C19H32ClNO3/c1-18(2,3)14-19(4,5)21-12-16(22)13-23-10-11-24-17-8-6-15(20)7-9-17/h6-9,16,21-22H,10-14H2,1-5H3/t16-/m1/s1. The summed E-state index contributed by atoms with van der Waals surface area (Å²) >= 11 is 5.81. The molecule has 0 aliphatic heterocycles. The Hall–Kier alpha value is -0.810. The molecular formula is C19H32ClNO3. The van der Waals surface area contributed by atoms with Crippen molar-refractivity contribution in [1.29, 1.82) is 0 Å². The lowest BCUT2D eigenvalue weighted by Crippen LogP contribution is -2.46. The Labute approximate surface area is 151 Å². The summed E-state index contributed by atoms with van der Waals surface area (Å²) in [4.78, 5) is 0. The number of rotatable bonds is 10. The van der Waals surface area contributed by atoms with Crippen LogP contribution in [-0.4, -0.2) is 43.1 Å². The first-order valence-electron chi connectivity index (χ1n) is 8.47. The van der Waals surface area contributed by atoms with E-state index < -0.39 is 6.10 Å². The van der Waals surface area contributed by atoms with Gasteiger partial charge >= 0.3 is 0 Å². The first kappa shape index (κ1) is 21.2. The fourth-order valence-corrected chi connectivity index (χ4v) is 2.94. The lowest BCUT2D eigenvalue weighted by Gasteiger charge is -2.34. The van der Waals surface area contributed by atoms with Crippen molar-refractivity contribution in [2.45, 2.75) is 52.7 Å². The fraction of sp³-hybridized carbons (Fsp3) is 0.684. The fourth-order valence-electron chi connectivity index (χ4n) is 2.81. The molecule has 0 amide bonds. The highest BCUT2D eigenvalue weighted by Crippen LogP contribution is 2.26. The van der Waals surface area contributed by atoms with Gasteiger partial charge in [-0.15, -0.1) is 0 Å². The molecule has 0 spiro atoms. The highest BCUT2D eigenvalue weighted by atomic mass is 35.5. The molecule has 0 heterocycles. The molecule has 1 atom stereocenters. The van der Waals surface area contributed by atoms with E-state index in [1.165, 1.54) is 0 Å². The van der Waals surface area contributed by atoms with Crippen molar-refractivity contribution in [2.24, 2.45) is 5.41 Å². The number of aliphatic hydroxyl groups is 1. The minimum atomic E-state index is -0.528. The van der Waals surface area contributed by atoms with E-state index in [1.54, 1.807) is 12.1 Å². The topological polar surface area (TPSA) is 50.7 Å². The second-order valence-corrected chi connectivity index (χ2v) is 8.47. The summed E-state index contributed by atoms with van der Waals surface area (Å²) < 4.78 is 11.0. The maximum Gasteiger partial charge on any atom is 0.119 e. The maximum atomic E-state index is 10.0. The van der Waals surface area contributed by atoms with Crippen molar-refractivity contribution >= 4 is 11.6 Å². The lowest BCUT2D eigenvalue weighted by molar-refractivity contribution is 0.0211. The van der Waals surface area contributed by atoms with Crippen LogP contribution in [0.2, 0.25) is 5.02 Å². The molecule has 1 rings (SSSR count). The van der Waals surface area contributed by atoms with Crippen LogP contribution >= 0.6 is 11.6 Å². The Morgan fingerprint density at radius 3 is 2.29 bits per heavy atom. The Bertz CT molecular complexity index is 468. The third kappa shape index (κ3) is 10.1. The van der Waals surface area contributed by atoms with Crippen molar-refractivity contribution in [3.63, 3.8) is 0 Å². The quantitative estimate of drug-likeness (QED) is 0.623. The van der Waals surface area contributed by atoms with Gasteiger partial charge in [-0.2, -0.15) is 0 Å². The number of β-amino-alcohol motifs (C(OH)–C–C–N with tert-alkyl or cyclic N) is 1. The summed E-state index contributed by atoms with van der Waals surface area (Å²) in [5.41, 5.74) is 0.230. The Kier molecular flexibility index (Phi) is 8.51. The molecule has 1 aromatic carbocycles. The van der Waals surface area contributed by atoms with Gasteiger partial charge in [-0.25, -0.2) is 0 Å². The second-order valence-electron chi connectivity index (χ2n) is 8.03. The van der Waals surface area contributed by atoms with E-state index in [0.717, 1.165) is 12.2 Å². The van der Waals surface area contributed by atoms with E-state index in [1.807, 2.05) is 12.1 Å². The van der Waals surface area contributed by atoms with Gasteiger partial charge in [-0.1, -0.05) is 32.4 Å². The molecular weight excluding hydrogens is 326 g/mol. The van der Waals surface area contributed by atoms with E-state index in [-0.39, 0.29) is 11.0 Å². The minimum Gasteiger partial charge on any atom is -0.491 e. The van der Waals surface area contributed by atoms with Crippen LogP contribution in [0.3, 0.4) is 0 Å². The van der Waals surface area contributed by atoms with Crippen LogP contribution in [0.4, 0.5) is 0 Å². The average molecular weight is 358 g/mol. The van der Waals surface area contributed by atoms with Crippen molar-refractivity contribution in [3.05, 3.63) is 29.3 Å². The molecule has 5 heteroatoms. The molecule has 0 bridgehead atoms. The van der Waals surface area contributed by atoms with E-state index >= 15 is 0 Å². The smallest absolute Gasteiger partial charge is 0.119 e. The molecule has 1 aromatic rings. The first-order valence-corrected chi connectivity index (χ1v) is 8.84. The van der Waals surface area contributed by atoms with Gasteiger partial charge in [0.05, 0.1) is 19.3 Å². The van der Waals surface area contributed by atoms with E-state index in [9.17, 15) is 5.11 Å². The lowest BCUT2D eigenvalue weighted by atomic mass is 9.82. The summed E-state index contributed by atoms with van der Waals surface area (Å²) in [6.45, 7) is 12.7. The van der Waals surface area contributed by atoms with Gasteiger partial charge in [0, 0.05) is 17.1 Å². The average Bonchev–Trinajstić information content (AvgIpc) is 2.44. The monoisotopic (exact) mass is 357 g/mol. The van der Waals surface area contributed by atoms with Crippen molar-refractivity contribution < 1.29 is 14.6 Å². The number of hydrogen-bond donors (Lipinski definition) is 2. The van der Waals surface area contributed by atoms with Gasteiger partial charge in [0.15, 0.2) is 0 Å². The highest BCUT2D eigenvalue weighted by Gasteiger charge is 2.25. The molecule has 0 unspecified atom stereocenters. The van der Waals surface area contributed by atoms with E-state index in [4.69, 9.17) is 21.1 Å². The Morgan fingerprint density at radius 2 is 1.71 bits per heavy atom. The normalized spacial score (nSPS) is 13.8. The van der Waals surface area contributed by atoms with E-state index in [2.05, 4.69) is 39.9 Å². The Balaban J connectivity index is 2.13. The third-order valence-corrected chi connectivity index (χ3v) is 3.66. The van der Waals surface area contributed by atoms with Gasteiger partial charge in [-0.3, -0.25) is 0 Å². The number of hydrogen-bond acceptors (Lipinski definition) is 4. The van der Waals surface area contributed by atoms with Crippen LogP contribution in [-0.2, 0) is 4.74 Å². The molecule has 0 fully saturated rings. The zero-order chi connectivity index (χ0) is 18.2. The number of aliphatic hydroxyl groups excluding tert-OH is 1. The van der Waals surface area contributed by atoms with Gasteiger partial charge in [0.1, 0.15) is 12.4 Å². The largest absolute Gasteiger partial charge is 0.491 e. The van der Waals surface area contributed by atoms with Gasteiger partial charge in [0.2, 0.25) is 0 Å². The highest BCUT2D eigenvalue weighted by molar-refractivity contribution is 6.30. The van der Waals surface area contributed by atoms with Crippen molar-refractivity contribution in [1.82, 2.24) is 5.32 Å². The van der Waals surface area contributed by atoms with Crippen LogP contribution in [0, 0.1) is 5.41 Å². The zero-order valence-electron chi connectivity index (χ0n) is 15.6. The van der Waals surface area contributed by atoms with Crippen molar-refractivity contribution in [3.8, 4) is 5.75 Å². The maximum absolute atomic E-state index is 10.0. The molecule has 4 nitrogen and oxygen atoms in total. The predicted molar refractivity (Wildman–Crippen MR) is 99.9 cm³/mol. The first-order chi connectivity index (χ1) is 11.1. The van der Waals surface area contributed by atoms with Gasteiger partial charge in [-0.05, 0) is 49.9 Å². The van der Waals surface area contributed by atoms with Gasteiger partial charge < -0.3 is 19.9 Å². The summed E-state index contributed by atoms with van der Waals surface area (Å²) in [6, 6.07) is 7.20. The van der Waals surface area contributed by atoms with Crippen LogP contribution in [0.1, 0.15) is 41.0 Å². The molecule has 2 N–H and O–H groups in total. The molecule has 0 saturated carbocycles. The Morgan fingerprint density at radius 1 is 1.08 bits per heavy atom. The minimum absolute atomic E-state index is 0.0169. The van der Waals surface area contributed by atoms with Crippen LogP contribution in [0.5, 0.6) is 5.75 Å². The van der Waals surface area contributed by atoms with Crippen LogP contribution < -0.4 is 10.1 Å². The van der Waals surface area contributed by atoms with Gasteiger partial charge in [0.25, 0.3) is 0 Å². The molecule has 138 valence electrons. The summed E-state index contributed by atoms with van der Waals surface area (Å²) in [6.07, 6.45) is 0.502. The number of benzene rings is 1. The predicted octanol–water partition coefficient (Wildman–Crippen LogP) is 3.90. The summed E-state index contributed by atoms with van der Waals surface area (Å²) in [5.74, 6) is 0.758. The summed E-state index contributed by atoms with van der Waals surface area (Å²) in [5, 5.41) is 14.1. The molecule has 0 aromatic heterocycles. The molecule has 0 radical (unpaired) electrons. The zero-order valence-corrected chi connectivity index (χ0v) is 16.3. The number of ether oxygens (including phenoxy) is 2. The molecule has 0 saturated heterocycles. The SMILES string of the molecule is CC(C)(C)CC(C)(C)NC[C@@H](O)COCCOc1ccc(Cl)cc1. The molecule has 24 heavy (non-hydrogen) atoms. The third-order valence-electron chi connectivity index (χ3n) is 3.41. The number of nitrogens with one attached hydrogen (secondary N) is 1. The second kappa shape index (κ2) is 9.62. The summed E-state index contributed by atoms with van der Waals surface area (Å²) in [7, 11) is 0. The molecule has 0 aliphatic carbocycles. The van der Waals surface area contributed by atoms with Crippen LogP contribution in [0.15, 0.2) is 24.3 Å².